The highest BCUT2D eigenvalue weighted by Crippen LogP contribution is 2.42. The van der Waals surface area contributed by atoms with Crippen molar-refractivity contribution in [2.75, 3.05) is 13.1 Å². The van der Waals surface area contributed by atoms with E-state index in [0.717, 1.165) is 14.7 Å². The summed E-state index contributed by atoms with van der Waals surface area (Å²) < 4.78 is 2.19. The molecule has 6 heteroatoms. The van der Waals surface area contributed by atoms with Gasteiger partial charge in [-0.25, -0.2) is 4.79 Å². The number of fused-ring (bicyclic) bond motifs is 1. The van der Waals surface area contributed by atoms with Gasteiger partial charge >= 0.3 is 6.09 Å². The lowest BCUT2D eigenvalue weighted by Crippen LogP contribution is -2.32. The number of amides is 1. The maximum Gasteiger partial charge on any atom is 0.407 e. The maximum atomic E-state index is 11.0. The van der Waals surface area contributed by atoms with E-state index in [2.05, 4.69) is 38.8 Å². The van der Waals surface area contributed by atoms with Crippen LogP contribution in [0.5, 0.6) is 0 Å². The van der Waals surface area contributed by atoms with Gasteiger partial charge in [0.1, 0.15) is 0 Å². The number of rotatable bonds is 0. The molecule has 1 atom stereocenters. The lowest BCUT2D eigenvalue weighted by atomic mass is 10.0. The SMILES string of the molecule is CC1CN(C(=O)O)CCc2sc(Br)c(Br)c21. The maximum absolute atomic E-state index is 11.0. The molecule has 0 saturated carbocycles. The molecule has 88 valence electrons. The first-order chi connectivity index (χ1) is 7.50. The smallest absolute Gasteiger partial charge is 0.407 e. The Morgan fingerprint density at radius 1 is 1.56 bits per heavy atom. The number of nitrogens with zero attached hydrogens (tertiary/aromatic N) is 1. The summed E-state index contributed by atoms with van der Waals surface area (Å²) in [5.41, 5.74) is 1.26. The van der Waals surface area contributed by atoms with Crippen LogP contribution in [0.15, 0.2) is 8.26 Å². The van der Waals surface area contributed by atoms with E-state index in [1.54, 1.807) is 11.3 Å². The normalized spacial score (nSPS) is 20.4. The average molecular weight is 369 g/mol. The molecule has 1 amide bonds. The molecule has 3 nitrogen and oxygen atoms in total. The average Bonchev–Trinajstić information content (AvgIpc) is 2.40. The predicted octanol–water partition coefficient (Wildman–Crippen LogP) is 3.91. The van der Waals surface area contributed by atoms with Crippen LogP contribution in [0.3, 0.4) is 0 Å². The number of carbonyl (C=O) groups is 1. The topological polar surface area (TPSA) is 40.5 Å². The van der Waals surface area contributed by atoms with Gasteiger partial charge in [0, 0.05) is 28.4 Å². The zero-order valence-corrected chi connectivity index (χ0v) is 12.7. The monoisotopic (exact) mass is 367 g/mol. The fraction of sp³-hybridized carbons (Fsp3) is 0.500. The van der Waals surface area contributed by atoms with Crippen LogP contribution >= 0.6 is 43.2 Å². The summed E-state index contributed by atoms with van der Waals surface area (Å²) in [6.45, 7) is 3.24. The van der Waals surface area contributed by atoms with Crippen LogP contribution in [0.2, 0.25) is 0 Å². The molecule has 0 aromatic carbocycles. The van der Waals surface area contributed by atoms with Crippen molar-refractivity contribution in [1.82, 2.24) is 4.90 Å². The van der Waals surface area contributed by atoms with Gasteiger partial charge in [0.25, 0.3) is 0 Å². The Hall–Kier alpha value is -0.0700. The summed E-state index contributed by atoms with van der Waals surface area (Å²) in [5, 5.41) is 9.03. The Balaban J connectivity index is 2.34. The van der Waals surface area contributed by atoms with Crippen LogP contribution in [-0.4, -0.2) is 29.2 Å². The second kappa shape index (κ2) is 4.66. The minimum atomic E-state index is -0.822. The Kier molecular flexibility index (Phi) is 3.61. The van der Waals surface area contributed by atoms with Crippen molar-refractivity contribution in [2.45, 2.75) is 19.3 Å². The third-order valence-corrected chi connectivity index (χ3v) is 6.34. The zero-order chi connectivity index (χ0) is 11.9. The molecule has 0 spiro atoms. The van der Waals surface area contributed by atoms with Crippen molar-refractivity contribution in [3.63, 3.8) is 0 Å². The van der Waals surface area contributed by atoms with Crippen LogP contribution in [0, 0.1) is 0 Å². The van der Waals surface area contributed by atoms with Gasteiger partial charge in [0.05, 0.1) is 3.79 Å². The van der Waals surface area contributed by atoms with E-state index in [0.29, 0.717) is 13.1 Å². The summed E-state index contributed by atoms with van der Waals surface area (Å²) >= 11 is 8.78. The van der Waals surface area contributed by atoms with E-state index < -0.39 is 6.09 Å². The molecule has 2 rings (SSSR count). The predicted molar refractivity (Wildman–Crippen MR) is 71.4 cm³/mol. The van der Waals surface area contributed by atoms with E-state index in [-0.39, 0.29) is 5.92 Å². The van der Waals surface area contributed by atoms with Gasteiger partial charge in [-0.05, 0) is 43.8 Å². The molecule has 1 aliphatic rings. The molecule has 0 bridgehead atoms. The Labute approximate surface area is 115 Å². The summed E-state index contributed by atoms with van der Waals surface area (Å²) in [5.74, 6) is 0.241. The van der Waals surface area contributed by atoms with Crippen LogP contribution < -0.4 is 0 Å². The van der Waals surface area contributed by atoms with Gasteiger partial charge in [0.15, 0.2) is 0 Å². The molecule has 1 aromatic heterocycles. The van der Waals surface area contributed by atoms with E-state index in [1.165, 1.54) is 15.3 Å². The van der Waals surface area contributed by atoms with Crippen molar-refractivity contribution >= 4 is 49.3 Å². The molecule has 0 radical (unpaired) electrons. The van der Waals surface area contributed by atoms with Gasteiger partial charge < -0.3 is 10.0 Å². The molecule has 1 unspecified atom stereocenters. The van der Waals surface area contributed by atoms with Gasteiger partial charge in [-0.2, -0.15) is 0 Å². The van der Waals surface area contributed by atoms with Gasteiger partial charge in [-0.15, -0.1) is 11.3 Å². The molecule has 0 saturated heterocycles. The highest BCUT2D eigenvalue weighted by molar-refractivity contribution is 9.13. The summed E-state index contributed by atoms with van der Waals surface area (Å²) in [4.78, 5) is 13.8. The minimum Gasteiger partial charge on any atom is -0.465 e. The highest BCUT2D eigenvalue weighted by Gasteiger charge is 2.27. The molecule has 0 fully saturated rings. The zero-order valence-electron chi connectivity index (χ0n) is 8.67. The third-order valence-electron chi connectivity index (χ3n) is 2.79. The standard InChI is InChI=1S/C10H11Br2NO2S/c1-5-4-13(10(14)15)3-2-6-7(5)8(11)9(12)16-6/h5H,2-4H2,1H3,(H,14,15). The number of hydrogen-bond acceptors (Lipinski definition) is 2. The van der Waals surface area contributed by atoms with E-state index in [9.17, 15) is 4.79 Å². The first-order valence-electron chi connectivity index (χ1n) is 4.95. The van der Waals surface area contributed by atoms with Crippen LogP contribution in [-0.2, 0) is 6.42 Å². The van der Waals surface area contributed by atoms with Crippen molar-refractivity contribution in [2.24, 2.45) is 0 Å². The molecule has 1 N–H and O–H groups in total. The van der Waals surface area contributed by atoms with Crippen molar-refractivity contribution < 1.29 is 9.90 Å². The number of halogens is 2. The molecule has 1 aromatic rings. The number of hydrogen-bond donors (Lipinski definition) is 1. The summed E-state index contributed by atoms with van der Waals surface area (Å²) in [6, 6.07) is 0. The van der Waals surface area contributed by atoms with Gasteiger partial charge in [-0.1, -0.05) is 6.92 Å². The Bertz CT molecular complexity index is 433. The fourth-order valence-electron chi connectivity index (χ4n) is 2.04. The van der Waals surface area contributed by atoms with Crippen molar-refractivity contribution in [3.05, 3.63) is 18.7 Å². The van der Waals surface area contributed by atoms with Crippen LogP contribution in [0.25, 0.3) is 0 Å². The largest absolute Gasteiger partial charge is 0.465 e. The van der Waals surface area contributed by atoms with Crippen LogP contribution in [0.1, 0.15) is 23.3 Å². The lowest BCUT2D eigenvalue weighted by Gasteiger charge is -2.19. The third kappa shape index (κ3) is 2.15. The molecule has 2 heterocycles. The summed E-state index contributed by atoms with van der Waals surface area (Å²) in [7, 11) is 0. The first-order valence-corrected chi connectivity index (χ1v) is 7.35. The highest BCUT2D eigenvalue weighted by atomic mass is 79.9. The molecule has 0 aliphatic carbocycles. The minimum absolute atomic E-state index is 0.241. The van der Waals surface area contributed by atoms with Crippen LogP contribution in [0.4, 0.5) is 4.79 Å². The quantitative estimate of drug-likeness (QED) is 0.754. The van der Waals surface area contributed by atoms with Gasteiger partial charge in [-0.3, -0.25) is 0 Å². The molecule has 16 heavy (non-hydrogen) atoms. The Morgan fingerprint density at radius 3 is 2.88 bits per heavy atom. The molecular weight excluding hydrogens is 358 g/mol. The number of thiophene rings is 1. The Morgan fingerprint density at radius 2 is 2.25 bits per heavy atom. The van der Waals surface area contributed by atoms with Crippen molar-refractivity contribution in [1.29, 1.82) is 0 Å². The summed E-state index contributed by atoms with van der Waals surface area (Å²) in [6.07, 6.45) is -0.0157. The molecule has 1 aliphatic heterocycles. The lowest BCUT2D eigenvalue weighted by molar-refractivity contribution is 0.145. The van der Waals surface area contributed by atoms with E-state index >= 15 is 0 Å². The van der Waals surface area contributed by atoms with Crippen molar-refractivity contribution in [3.8, 4) is 0 Å². The second-order valence-corrected chi connectivity index (χ2v) is 7.12. The fourth-order valence-corrected chi connectivity index (χ4v) is 4.86. The first kappa shape index (κ1) is 12.4. The van der Waals surface area contributed by atoms with E-state index in [4.69, 9.17) is 5.11 Å². The van der Waals surface area contributed by atoms with Gasteiger partial charge in [0.2, 0.25) is 0 Å². The second-order valence-electron chi connectivity index (χ2n) is 3.91. The van der Waals surface area contributed by atoms with E-state index in [1.807, 2.05) is 0 Å². The molecular formula is C10H11Br2NO2S. The number of carboxylic acid groups (broad SMARTS) is 1.